The Bertz CT molecular complexity index is 1150. The van der Waals surface area contributed by atoms with Crippen LogP contribution in [-0.2, 0) is 9.53 Å². The number of aryl methyl sites for hydroxylation is 1. The zero-order valence-electron chi connectivity index (χ0n) is 18.8. The summed E-state index contributed by atoms with van der Waals surface area (Å²) in [5.41, 5.74) is 1.82. The van der Waals surface area contributed by atoms with Gasteiger partial charge in [-0.3, -0.25) is 18.9 Å². The van der Waals surface area contributed by atoms with Gasteiger partial charge in [-0.2, -0.15) is 0 Å². The molecule has 32 heavy (non-hydrogen) atoms. The Kier molecular flexibility index (Phi) is 6.69. The third-order valence-electron chi connectivity index (χ3n) is 5.82. The van der Waals surface area contributed by atoms with Crippen molar-refractivity contribution < 1.29 is 9.53 Å². The topological polar surface area (TPSA) is 67.2 Å². The van der Waals surface area contributed by atoms with Crippen molar-refractivity contribution in [3.63, 3.8) is 0 Å². The van der Waals surface area contributed by atoms with Crippen LogP contribution in [0.25, 0.3) is 11.7 Å². The van der Waals surface area contributed by atoms with Crippen LogP contribution in [0.15, 0.2) is 28.0 Å². The number of nitrogens with zero attached hydrogens (tertiary/aromatic N) is 4. The number of piperidine rings is 1. The van der Waals surface area contributed by atoms with Crippen LogP contribution < -0.4 is 10.5 Å². The number of hydrogen-bond acceptors (Lipinski definition) is 7. The molecule has 4 heterocycles. The van der Waals surface area contributed by atoms with E-state index in [4.69, 9.17) is 21.9 Å². The molecule has 9 heteroatoms. The van der Waals surface area contributed by atoms with Crippen molar-refractivity contribution in [3.05, 3.63) is 44.7 Å². The third kappa shape index (κ3) is 4.46. The van der Waals surface area contributed by atoms with Gasteiger partial charge in [0.25, 0.3) is 11.5 Å². The van der Waals surface area contributed by atoms with Crippen molar-refractivity contribution >= 4 is 51.7 Å². The number of aromatic nitrogens is 2. The minimum absolute atomic E-state index is 0.179. The first-order valence-corrected chi connectivity index (χ1v) is 12.0. The summed E-state index contributed by atoms with van der Waals surface area (Å²) in [4.78, 5) is 35.6. The second-order valence-corrected chi connectivity index (χ2v) is 10.4. The number of methoxy groups -OCH3 is 1. The molecular formula is C23H28N4O3S2. The van der Waals surface area contributed by atoms with Crippen LogP contribution in [0.3, 0.4) is 0 Å². The fraction of sp³-hybridized carbons (Fsp3) is 0.478. The molecule has 2 saturated heterocycles. The fourth-order valence-electron chi connectivity index (χ4n) is 4.46. The van der Waals surface area contributed by atoms with Crippen LogP contribution in [-0.4, -0.2) is 57.9 Å². The van der Waals surface area contributed by atoms with Crippen molar-refractivity contribution in [2.75, 3.05) is 38.3 Å². The number of anilines is 1. The lowest BCUT2D eigenvalue weighted by atomic mass is 9.91. The average Bonchev–Trinajstić information content (AvgIpc) is 3.00. The molecule has 2 atom stereocenters. The molecule has 4 rings (SSSR count). The molecule has 1 amide bonds. The van der Waals surface area contributed by atoms with E-state index in [9.17, 15) is 9.59 Å². The van der Waals surface area contributed by atoms with E-state index in [1.807, 2.05) is 19.1 Å². The second kappa shape index (κ2) is 9.33. The summed E-state index contributed by atoms with van der Waals surface area (Å²) < 4.78 is 7.14. The van der Waals surface area contributed by atoms with Crippen molar-refractivity contribution in [1.29, 1.82) is 0 Å². The number of hydrogen-bond donors (Lipinski definition) is 0. The normalized spacial score (nSPS) is 23.1. The number of thiocarbonyl (C=S) groups is 1. The van der Waals surface area contributed by atoms with Gasteiger partial charge in [0, 0.05) is 26.4 Å². The van der Waals surface area contributed by atoms with Crippen molar-refractivity contribution in [2.24, 2.45) is 11.8 Å². The molecule has 0 radical (unpaired) electrons. The Labute approximate surface area is 197 Å². The number of ether oxygens (including phenoxy) is 1. The molecule has 2 fully saturated rings. The van der Waals surface area contributed by atoms with E-state index in [1.165, 1.54) is 16.7 Å². The Balaban J connectivity index is 1.84. The maximum atomic E-state index is 13.6. The highest BCUT2D eigenvalue weighted by molar-refractivity contribution is 8.26. The summed E-state index contributed by atoms with van der Waals surface area (Å²) in [6.45, 7) is 8.83. The fourth-order valence-corrected chi connectivity index (χ4v) is 5.75. The maximum absolute atomic E-state index is 13.6. The summed E-state index contributed by atoms with van der Waals surface area (Å²) in [5.74, 6) is 1.44. The Morgan fingerprint density at radius 1 is 1.25 bits per heavy atom. The molecule has 2 aromatic rings. The number of fused-ring (bicyclic) bond motifs is 1. The molecule has 2 unspecified atom stereocenters. The molecule has 0 aromatic carbocycles. The molecule has 0 spiro atoms. The van der Waals surface area contributed by atoms with Crippen LogP contribution in [0.4, 0.5) is 5.82 Å². The van der Waals surface area contributed by atoms with Gasteiger partial charge < -0.3 is 9.64 Å². The third-order valence-corrected chi connectivity index (χ3v) is 7.20. The minimum atomic E-state index is -0.197. The van der Waals surface area contributed by atoms with Crippen LogP contribution in [0.1, 0.15) is 31.4 Å². The predicted molar refractivity (Wildman–Crippen MR) is 133 cm³/mol. The van der Waals surface area contributed by atoms with Crippen LogP contribution in [0.2, 0.25) is 0 Å². The molecule has 2 aliphatic heterocycles. The van der Waals surface area contributed by atoms with Gasteiger partial charge in [-0.15, -0.1) is 0 Å². The number of amides is 1. The van der Waals surface area contributed by atoms with E-state index in [0.29, 0.717) is 51.2 Å². The molecule has 170 valence electrons. The van der Waals surface area contributed by atoms with Gasteiger partial charge in [0.2, 0.25) is 0 Å². The lowest BCUT2D eigenvalue weighted by molar-refractivity contribution is -0.122. The van der Waals surface area contributed by atoms with Crippen LogP contribution >= 0.6 is 24.0 Å². The zero-order chi connectivity index (χ0) is 23.0. The molecule has 0 bridgehead atoms. The zero-order valence-corrected chi connectivity index (χ0v) is 20.5. The first-order valence-electron chi connectivity index (χ1n) is 10.8. The van der Waals surface area contributed by atoms with Crippen molar-refractivity contribution in [2.45, 2.75) is 27.2 Å². The highest BCUT2D eigenvalue weighted by atomic mass is 32.2. The molecule has 0 saturated carbocycles. The average molecular weight is 473 g/mol. The quantitative estimate of drug-likeness (QED) is 0.488. The smallest absolute Gasteiger partial charge is 0.267 e. The molecule has 0 aliphatic carbocycles. The highest BCUT2D eigenvalue weighted by Crippen LogP contribution is 2.34. The van der Waals surface area contributed by atoms with Crippen molar-refractivity contribution in [1.82, 2.24) is 14.3 Å². The summed E-state index contributed by atoms with van der Waals surface area (Å²) in [6.07, 6.45) is 4.61. The molecular weight excluding hydrogens is 444 g/mol. The molecule has 0 N–H and O–H groups in total. The number of pyridine rings is 1. The first kappa shape index (κ1) is 22.9. The lowest BCUT2D eigenvalue weighted by Crippen LogP contribution is -2.40. The van der Waals surface area contributed by atoms with E-state index in [0.717, 1.165) is 25.1 Å². The second-order valence-electron chi connectivity index (χ2n) is 8.77. The first-order chi connectivity index (χ1) is 15.3. The minimum Gasteiger partial charge on any atom is -0.383 e. The largest absolute Gasteiger partial charge is 0.383 e. The van der Waals surface area contributed by atoms with E-state index in [-0.39, 0.29) is 11.5 Å². The summed E-state index contributed by atoms with van der Waals surface area (Å²) >= 11 is 6.62. The Morgan fingerprint density at radius 2 is 1.97 bits per heavy atom. The van der Waals surface area contributed by atoms with Gasteiger partial charge in [0.15, 0.2) is 0 Å². The number of rotatable bonds is 5. The number of carbonyl (C=O) groups is 1. The molecule has 7 nitrogen and oxygen atoms in total. The van der Waals surface area contributed by atoms with Gasteiger partial charge in [-0.25, -0.2) is 4.98 Å². The van der Waals surface area contributed by atoms with E-state index < -0.39 is 0 Å². The van der Waals surface area contributed by atoms with Crippen molar-refractivity contribution in [3.8, 4) is 0 Å². The summed E-state index contributed by atoms with van der Waals surface area (Å²) in [7, 11) is 1.59. The van der Waals surface area contributed by atoms with Crippen LogP contribution in [0.5, 0.6) is 0 Å². The standard InChI is InChI=1S/C23H28N4O3S2/c1-14-5-6-19-24-20(25-11-15(2)9-16(3)12-25)17(21(28)27(19)13-14)10-18-22(29)26(7-8-30-4)23(31)32-18/h5-6,10,13,15-16H,7-9,11-12H2,1-4H3/b18-10-. The van der Waals surface area contributed by atoms with Gasteiger partial charge in [0.1, 0.15) is 15.8 Å². The summed E-state index contributed by atoms with van der Waals surface area (Å²) in [5, 5.41) is 0. The molecule has 2 aromatic heterocycles. The van der Waals surface area contributed by atoms with Gasteiger partial charge in [-0.1, -0.05) is 43.9 Å². The van der Waals surface area contributed by atoms with E-state index in [1.54, 1.807) is 23.8 Å². The monoisotopic (exact) mass is 472 g/mol. The Hall–Kier alpha value is -2.23. The van der Waals surface area contributed by atoms with E-state index >= 15 is 0 Å². The number of thioether (sulfide) groups is 1. The SMILES string of the molecule is COCCN1C(=O)/C(=C/c2c(N3CC(C)CC(C)C3)nc3ccc(C)cn3c2=O)SC1=S. The van der Waals surface area contributed by atoms with Gasteiger partial charge in [-0.05, 0) is 42.9 Å². The van der Waals surface area contributed by atoms with E-state index in [2.05, 4.69) is 18.7 Å². The van der Waals surface area contributed by atoms with Gasteiger partial charge >= 0.3 is 0 Å². The predicted octanol–water partition coefficient (Wildman–Crippen LogP) is 3.33. The Morgan fingerprint density at radius 3 is 2.66 bits per heavy atom. The molecule has 2 aliphatic rings. The van der Waals surface area contributed by atoms with Crippen LogP contribution in [0, 0.1) is 18.8 Å². The van der Waals surface area contributed by atoms with Gasteiger partial charge in [0.05, 0.1) is 23.6 Å². The maximum Gasteiger partial charge on any atom is 0.267 e. The summed E-state index contributed by atoms with van der Waals surface area (Å²) in [6, 6.07) is 3.82. The number of carbonyl (C=O) groups excluding carboxylic acids is 1. The highest BCUT2D eigenvalue weighted by Gasteiger charge is 2.33. The lowest BCUT2D eigenvalue weighted by Gasteiger charge is -2.36.